The predicted octanol–water partition coefficient (Wildman–Crippen LogP) is 3.08. The van der Waals surface area contributed by atoms with E-state index >= 15 is 0 Å². The summed E-state index contributed by atoms with van der Waals surface area (Å²) in [5, 5.41) is 3.04. The zero-order valence-electron chi connectivity index (χ0n) is 22.9. The molecule has 3 amide bonds. The third-order valence-corrected chi connectivity index (χ3v) is 10.7. The van der Waals surface area contributed by atoms with Gasteiger partial charge in [0.2, 0.25) is 27.7 Å². The summed E-state index contributed by atoms with van der Waals surface area (Å²) in [5.41, 5.74) is 0.766. The monoisotopic (exact) mass is 621 g/mol. The first-order chi connectivity index (χ1) is 19.5. The van der Waals surface area contributed by atoms with Crippen LogP contribution in [0.2, 0.25) is 10.0 Å². The molecule has 3 aliphatic rings. The Labute approximate surface area is 250 Å². The SMILES string of the molecule is CC(C)N1CC2N(C(=O)C(NC(=O)C3CCCC3)CN2S(=O)(=O)c2ccc(Cl)cc2Cl)C(Cc2ccncc2)C1=O. The maximum atomic E-state index is 14.2. The van der Waals surface area contributed by atoms with Gasteiger partial charge in [0.1, 0.15) is 23.1 Å². The normalized spacial score (nSPS) is 24.2. The van der Waals surface area contributed by atoms with E-state index in [4.69, 9.17) is 23.2 Å². The van der Waals surface area contributed by atoms with Crippen molar-refractivity contribution in [1.29, 1.82) is 0 Å². The van der Waals surface area contributed by atoms with Gasteiger partial charge in [-0.3, -0.25) is 19.4 Å². The van der Waals surface area contributed by atoms with E-state index in [1.165, 1.54) is 27.4 Å². The Hall–Kier alpha value is -2.73. The molecule has 13 heteroatoms. The molecule has 1 aliphatic carbocycles. The summed E-state index contributed by atoms with van der Waals surface area (Å²) in [7, 11) is -4.30. The van der Waals surface area contributed by atoms with Gasteiger partial charge in [0, 0.05) is 42.3 Å². The number of carbonyl (C=O) groups is 3. The quantitative estimate of drug-likeness (QED) is 0.507. The number of halogens is 2. The van der Waals surface area contributed by atoms with Gasteiger partial charge in [-0.2, -0.15) is 4.31 Å². The standard InChI is InChI=1S/C28H33Cl2N5O5S/c1-17(2)33-16-25-34(41(39,40)24-8-7-20(29)14-21(24)30)15-22(32-26(36)19-5-3-4-6-19)27(37)35(25)23(28(33)38)13-18-9-11-31-12-10-18/h7-12,14,17,19,22-23,25H,3-6,13,15-16H2,1-2H3,(H,32,36). The molecule has 1 aromatic heterocycles. The molecule has 0 bridgehead atoms. The van der Waals surface area contributed by atoms with Crippen molar-refractivity contribution >= 4 is 50.9 Å². The minimum Gasteiger partial charge on any atom is -0.343 e. The number of rotatable bonds is 7. The van der Waals surface area contributed by atoms with Gasteiger partial charge in [-0.25, -0.2) is 8.42 Å². The minimum atomic E-state index is -4.30. The summed E-state index contributed by atoms with van der Waals surface area (Å²) in [4.78, 5) is 47.9. The van der Waals surface area contributed by atoms with Crippen LogP contribution in [-0.4, -0.2) is 82.6 Å². The largest absolute Gasteiger partial charge is 0.343 e. The maximum absolute atomic E-state index is 14.2. The highest BCUT2D eigenvalue weighted by Crippen LogP contribution is 2.35. The first-order valence-corrected chi connectivity index (χ1v) is 16.0. The number of carbonyl (C=O) groups excluding carboxylic acids is 3. The average Bonchev–Trinajstić information content (AvgIpc) is 3.47. The molecule has 0 radical (unpaired) electrons. The van der Waals surface area contributed by atoms with E-state index in [1.807, 2.05) is 13.8 Å². The van der Waals surface area contributed by atoms with Crippen LogP contribution in [0.4, 0.5) is 0 Å². The van der Waals surface area contributed by atoms with Crippen LogP contribution in [0.15, 0.2) is 47.6 Å². The number of nitrogens with zero attached hydrogens (tertiary/aromatic N) is 4. The summed E-state index contributed by atoms with van der Waals surface area (Å²) < 4.78 is 29.7. The van der Waals surface area contributed by atoms with E-state index in [9.17, 15) is 22.8 Å². The van der Waals surface area contributed by atoms with Gasteiger partial charge in [0.05, 0.1) is 11.6 Å². The first kappa shape index (κ1) is 29.8. The smallest absolute Gasteiger partial charge is 0.248 e. The van der Waals surface area contributed by atoms with E-state index < -0.39 is 34.2 Å². The zero-order chi connectivity index (χ0) is 29.5. The van der Waals surface area contributed by atoms with Crippen LogP contribution in [0.1, 0.15) is 45.1 Å². The lowest BCUT2D eigenvalue weighted by atomic mass is 9.96. The molecule has 2 aromatic rings. The molecular weight excluding hydrogens is 589 g/mol. The Kier molecular flexibility index (Phi) is 8.61. The van der Waals surface area contributed by atoms with Crippen LogP contribution in [0.3, 0.4) is 0 Å². The van der Waals surface area contributed by atoms with Gasteiger partial charge in [0.25, 0.3) is 0 Å². The van der Waals surface area contributed by atoms with Gasteiger partial charge in [-0.1, -0.05) is 36.0 Å². The number of piperazine rings is 1. The Balaban J connectivity index is 1.59. The van der Waals surface area contributed by atoms with Crippen LogP contribution < -0.4 is 5.32 Å². The Bertz CT molecular complexity index is 1430. The number of benzene rings is 1. The highest BCUT2D eigenvalue weighted by atomic mass is 35.5. The van der Waals surface area contributed by atoms with Crippen LogP contribution in [0, 0.1) is 5.92 Å². The number of pyridine rings is 1. The fourth-order valence-corrected chi connectivity index (χ4v) is 8.34. The Morgan fingerprint density at radius 1 is 1.05 bits per heavy atom. The van der Waals surface area contributed by atoms with Crippen molar-refractivity contribution in [1.82, 2.24) is 24.4 Å². The summed E-state index contributed by atoms with van der Waals surface area (Å²) in [5.74, 6) is -1.28. The highest BCUT2D eigenvalue weighted by molar-refractivity contribution is 7.89. The van der Waals surface area contributed by atoms with Crippen LogP contribution in [-0.2, 0) is 30.8 Å². The summed E-state index contributed by atoms with van der Waals surface area (Å²) in [6.45, 7) is 3.38. The molecule has 3 heterocycles. The molecule has 0 spiro atoms. The lowest BCUT2D eigenvalue weighted by Gasteiger charge is -2.54. The fourth-order valence-electron chi connectivity index (χ4n) is 6.01. The van der Waals surface area contributed by atoms with Crippen LogP contribution in [0.5, 0.6) is 0 Å². The van der Waals surface area contributed by atoms with Gasteiger partial charge in [0.15, 0.2) is 0 Å². The fraction of sp³-hybridized carbons (Fsp3) is 0.500. The summed E-state index contributed by atoms with van der Waals surface area (Å²) in [6.07, 6.45) is 5.63. The first-order valence-electron chi connectivity index (χ1n) is 13.8. The van der Waals surface area contributed by atoms with Crippen molar-refractivity contribution in [3.05, 3.63) is 58.3 Å². The van der Waals surface area contributed by atoms with Gasteiger partial charge in [-0.05, 0) is 62.6 Å². The highest BCUT2D eigenvalue weighted by Gasteiger charge is 2.54. The number of fused-ring (bicyclic) bond motifs is 1. The number of amides is 3. The molecule has 2 aliphatic heterocycles. The lowest BCUT2D eigenvalue weighted by molar-refractivity contribution is -0.169. The number of aromatic nitrogens is 1. The molecule has 10 nitrogen and oxygen atoms in total. The Morgan fingerprint density at radius 2 is 1.73 bits per heavy atom. The van der Waals surface area contributed by atoms with Gasteiger partial charge in [-0.15, -0.1) is 0 Å². The third-order valence-electron chi connectivity index (χ3n) is 8.16. The van der Waals surface area contributed by atoms with Crippen molar-refractivity contribution in [2.24, 2.45) is 5.92 Å². The number of nitrogens with one attached hydrogen (secondary N) is 1. The van der Waals surface area contributed by atoms with Crippen molar-refractivity contribution < 1.29 is 22.8 Å². The average molecular weight is 623 g/mol. The third kappa shape index (κ3) is 5.82. The van der Waals surface area contributed by atoms with E-state index in [-0.39, 0.29) is 58.2 Å². The van der Waals surface area contributed by atoms with Gasteiger partial charge >= 0.3 is 0 Å². The van der Waals surface area contributed by atoms with Crippen molar-refractivity contribution in [3.8, 4) is 0 Å². The molecule has 1 N–H and O–H groups in total. The molecular formula is C28H33Cl2N5O5S. The van der Waals surface area contributed by atoms with Crippen molar-refractivity contribution in [2.45, 2.75) is 75.1 Å². The molecule has 5 rings (SSSR count). The molecule has 3 fully saturated rings. The topological polar surface area (TPSA) is 120 Å². The minimum absolute atomic E-state index is 0.0250. The molecule has 1 aromatic carbocycles. The maximum Gasteiger partial charge on any atom is 0.248 e. The predicted molar refractivity (Wildman–Crippen MR) is 153 cm³/mol. The van der Waals surface area contributed by atoms with Crippen LogP contribution in [0.25, 0.3) is 0 Å². The lowest BCUT2D eigenvalue weighted by Crippen LogP contribution is -2.76. The summed E-state index contributed by atoms with van der Waals surface area (Å²) in [6, 6.07) is 5.22. The van der Waals surface area contributed by atoms with Crippen molar-refractivity contribution in [2.75, 3.05) is 13.1 Å². The van der Waals surface area contributed by atoms with E-state index in [1.54, 1.807) is 29.4 Å². The molecule has 1 saturated carbocycles. The van der Waals surface area contributed by atoms with E-state index in [0.717, 1.165) is 18.4 Å². The van der Waals surface area contributed by atoms with E-state index in [2.05, 4.69) is 10.3 Å². The second kappa shape index (κ2) is 11.9. The van der Waals surface area contributed by atoms with E-state index in [0.29, 0.717) is 12.8 Å². The molecule has 41 heavy (non-hydrogen) atoms. The van der Waals surface area contributed by atoms with Gasteiger partial charge < -0.3 is 15.1 Å². The molecule has 220 valence electrons. The molecule has 3 atom stereocenters. The zero-order valence-corrected chi connectivity index (χ0v) is 25.2. The number of sulfonamides is 1. The summed E-state index contributed by atoms with van der Waals surface area (Å²) >= 11 is 12.4. The second-order valence-corrected chi connectivity index (χ2v) is 13.8. The molecule has 3 unspecified atom stereocenters. The molecule has 2 saturated heterocycles. The number of hydrogen-bond acceptors (Lipinski definition) is 6. The van der Waals surface area contributed by atoms with Crippen molar-refractivity contribution in [3.63, 3.8) is 0 Å². The Morgan fingerprint density at radius 3 is 2.37 bits per heavy atom. The van der Waals surface area contributed by atoms with Crippen LogP contribution >= 0.6 is 23.2 Å². The second-order valence-electron chi connectivity index (χ2n) is 11.1. The number of hydrogen-bond donors (Lipinski definition) is 1.